The number of hydrogen-bond donors (Lipinski definition) is 1. The molecule has 0 radical (unpaired) electrons. The van der Waals surface area contributed by atoms with Crippen LogP contribution in [0.1, 0.15) is 26.7 Å². The molecule has 1 aromatic rings. The second-order valence-electron chi connectivity index (χ2n) is 4.62. The summed E-state index contributed by atoms with van der Waals surface area (Å²) in [6, 6.07) is 6.11. The molecule has 1 fully saturated rings. The molecule has 0 spiro atoms. The molecule has 4 heteroatoms. The normalized spacial score (nSPS) is 23.7. The Morgan fingerprint density at radius 1 is 1.50 bits per heavy atom. The molecule has 1 heterocycles. The van der Waals surface area contributed by atoms with E-state index < -0.39 is 0 Å². The molecule has 2 atom stereocenters. The van der Waals surface area contributed by atoms with Gasteiger partial charge in [0.25, 0.3) is 0 Å². The van der Waals surface area contributed by atoms with E-state index in [1.54, 1.807) is 0 Å². The van der Waals surface area contributed by atoms with E-state index in [1.165, 1.54) is 0 Å². The van der Waals surface area contributed by atoms with Crippen LogP contribution in [0.4, 0.5) is 5.69 Å². The summed E-state index contributed by atoms with van der Waals surface area (Å²) in [5.74, 6) is 0.862. The summed E-state index contributed by atoms with van der Waals surface area (Å²) in [4.78, 5) is 0. The van der Waals surface area contributed by atoms with Gasteiger partial charge in [0.1, 0.15) is 5.75 Å². The molecule has 0 amide bonds. The second-order valence-corrected chi connectivity index (χ2v) is 5.06. The summed E-state index contributed by atoms with van der Waals surface area (Å²) >= 11 is 6.04. The van der Waals surface area contributed by atoms with Gasteiger partial charge in [0.2, 0.25) is 0 Å². The van der Waals surface area contributed by atoms with Crippen LogP contribution in [0.5, 0.6) is 5.75 Å². The van der Waals surface area contributed by atoms with Gasteiger partial charge in [-0.25, -0.2) is 0 Å². The van der Waals surface area contributed by atoms with Gasteiger partial charge in [0.15, 0.2) is 0 Å². The minimum Gasteiger partial charge on any atom is -0.492 e. The fourth-order valence-electron chi connectivity index (χ4n) is 2.25. The number of ether oxygens (including phenoxy) is 2. The van der Waals surface area contributed by atoms with Gasteiger partial charge in [-0.1, -0.05) is 11.6 Å². The van der Waals surface area contributed by atoms with E-state index in [2.05, 4.69) is 12.2 Å². The molecule has 2 unspecified atom stereocenters. The first-order chi connectivity index (χ1) is 8.69. The average Bonchev–Trinajstić information content (AvgIpc) is 2.33. The van der Waals surface area contributed by atoms with Crippen molar-refractivity contribution < 1.29 is 9.47 Å². The minimum absolute atomic E-state index is 0.311. The van der Waals surface area contributed by atoms with E-state index in [0.29, 0.717) is 18.8 Å². The van der Waals surface area contributed by atoms with E-state index in [0.717, 1.165) is 35.9 Å². The highest BCUT2D eigenvalue weighted by molar-refractivity contribution is 6.30. The zero-order valence-electron chi connectivity index (χ0n) is 10.9. The fraction of sp³-hybridized carbons (Fsp3) is 0.571. The largest absolute Gasteiger partial charge is 0.492 e. The van der Waals surface area contributed by atoms with E-state index in [4.69, 9.17) is 21.1 Å². The molecule has 18 heavy (non-hydrogen) atoms. The first kappa shape index (κ1) is 13.5. The maximum Gasteiger partial charge on any atom is 0.142 e. The lowest BCUT2D eigenvalue weighted by atomic mass is 10.0. The van der Waals surface area contributed by atoms with Crippen molar-refractivity contribution in [2.45, 2.75) is 38.8 Å². The Kier molecular flexibility index (Phi) is 4.72. The molecule has 0 aromatic heterocycles. The van der Waals surface area contributed by atoms with Crippen LogP contribution in [0, 0.1) is 0 Å². The van der Waals surface area contributed by atoms with E-state index in [1.807, 2.05) is 25.1 Å². The molecular weight excluding hydrogens is 250 g/mol. The number of nitrogens with one attached hydrogen (secondary N) is 1. The molecule has 100 valence electrons. The average molecular weight is 270 g/mol. The Hall–Kier alpha value is -0.930. The lowest BCUT2D eigenvalue weighted by Gasteiger charge is -2.29. The van der Waals surface area contributed by atoms with Crippen LogP contribution >= 0.6 is 11.6 Å². The first-order valence-electron chi connectivity index (χ1n) is 6.49. The zero-order chi connectivity index (χ0) is 13.0. The van der Waals surface area contributed by atoms with Crippen LogP contribution in [-0.2, 0) is 4.74 Å². The second kappa shape index (κ2) is 6.30. The van der Waals surface area contributed by atoms with Crippen molar-refractivity contribution in [2.24, 2.45) is 0 Å². The molecule has 0 aliphatic carbocycles. The molecule has 1 aliphatic rings. The molecule has 0 saturated carbocycles. The Morgan fingerprint density at radius 3 is 3.06 bits per heavy atom. The number of benzene rings is 1. The van der Waals surface area contributed by atoms with E-state index in [-0.39, 0.29) is 0 Å². The number of rotatable bonds is 4. The number of hydrogen-bond acceptors (Lipinski definition) is 3. The molecule has 0 bridgehead atoms. The Bertz CT molecular complexity index is 397. The first-order valence-corrected chi connectivity index (χ1v) is 6.87. The molecule has 1 saturated heterocycles. The van der Waals surface area contributed by atoms with Crippen molar-refractivity contribution in [3.05, 3.63) is 23.2 Å². The zero-order valence-corrected chi connectivity index (χ0v) is 11.7. The number of anilines is 1. The van der Waals surface area contributed by atoms with Crippen molar-refractivity contribution in [3.8, 4) is 5.75 Å². The van der Waals surface area contributed by atoms with Crippen LogP contribution < -0.4 is 10.1 Å². The van der Waals surface area contributed by atoms with Crippen LogP contribution in [-0.4, -0.2) is 25.4 Å². The van der Waals surface area contributed by atoms with Gasteiger partial charge < -0.3 is 14.8 Å². The highest BCUT2D eigenvalue weighted by Gasteiger charge is 2.20. The van der Waals surface area contributed by atoms with Crippen LogP contribution in [0.2, 0.25) is 5.02 Å². The summed E-state index contributed by atoms with van der Waals surface area (Å²) in [6.07, 6.45) is 2.34. The van der Waals surface area contributed by atoms with Crippen LogP contribution in [0.15, 0.2) is 18.2 Å². The third kappa shape index (κ3) is 3.53. The molecule has 3 nitrogen and oxygen atoms in total. The standard InChI is InChI=1S/C14H20ClNO2/c1-3-17-14-5-4-11(15)9-13(14)16-12-6-7-18-10(2)8-12/h4-5,9-10,12,16H,3,6-8H2,1-2H3. The topological polar surface area (TPSA) is 30.5 Å². The van der Waals surface area contributed by atoms with Crippen LogP contribution in [0.3, 0.4) is 0 Å². The maximum atomic E-state index is 6.04. The van der Waals surface area contributed by atoms with Gasteiger partial charge in [-0.05, 0) is 44.9 Å². The van der Waals surface area contributed by atoms with Gasteiger partial charge in [-0.2, -0.15) is 0 Å². The predicted molar refractivity (Wildman–Crippen MR) is 74.7 cm³/mol. The van der Waals surface area contributed by atoms with Crippen molar-refractivity contribution in [3.63, 3.8) is 0 Å². The molecule has 2 rings (SSSR count). The summed E-state index contributed by atoms with van der Waals surface area (Å²) < 4.78 is 11.2. The Labute approximate surface area is 113 Å². The molecule has 1 aromatic carbocycles. The van der Waals surface area contributed by atoms with Gasteiger partial charge in [-0.3, -0.25) is 0 Å². The lowest BCUT2D eigenvalue weighted by Crippen LogP contribution is -2.32. The Morgan fingerprint density at radius 2 is 2.33 bits per heavy atom. The predicted octanol–water partition coefficient (Wildman–Crippen LogP) is 3.72. The molecular formula is C14H20ClNO2. The third-order valence-electron chi connectivity index (χ3n) is 3.09. The highest BCUT2D eigenvalue weighted by Crippen LogP contribution is 2.30. The van der Waals surface area contributed by atoms with E-state index in [9.17, 15) is 0 Å². The van der Waals surface area contributed by atoms with Gasteiger partial charge in [0, 0.05) is 17.7 Å². The maximum absolute atomic E-state index is 6.04. The highest BCUT2D eigenvalue weighted by atomic mass is 35.5. The van der Waals surface area contributed by atoms with Crippen molar-refractivity contribution in [1.29, 1.82) is 0 Å². The quantitative estimate of drug-likeness (QED) is 0.904. The lowest BCUT2D eigenvalue weighted by molar-refractivity contribution is 0.0232. The van der Waals surface area contributed by atoms with Gasteiger partial charge in [-0.15, -0.1) is 0 Å². The molecule has 1 N–H and O–H groups in total. The Balaban J connectivity index is 2.08. The summed E-state index contributed by atoms with van der Waals surface area (Å²) in [7, 11) is 0. The third-order valence-corrected chi connectivity index (χ3v) is 3.32. The number of halogens is 1. The minimum atomic E-state index is 0.311. The summed E-state index contributed by atoms with van der Waals surface area (Å²) in [6.45, 7) is 5.55. The summed E-state index contributed by atoms with van der Waals surface area (Å²) in [5, 5.41) is 4.24. The van der Waals surface area contributed by atoms with Gasteiger partial charge in [0.05, 0.1) is 18.4 Å². The van der Waals surface area contributed by atoms with Crippen molar-refractivity contribution in [2.75, 3.05) is 18.5 Å². The van der Waals surface area contributed by atoms with E-state index >= 15 is 0 Å². The summed E-state index contributed by atoms with van der Waals surface area (Å²) in [5.41, 5.74) is 0.975. The molecule has 1 aliphatic heterocycles. The van der Waals surface area contributed by atoms with Gasteiger partial charge >= 0.3 is 0 Å². The monoisotopic (exact) mass is 269 g/mol. The smallest absolute Gasteiger partial charge is 0.142 e. The van der Waals surface area contributed by atoms with Crippen molar-refractivity contribution in [1.82, 2.24) is 0 Å². The SMILES string of the molecule is CCOc1ccc(Cl)cc1NC1CCOC(C)C1. The van der Waals surface area contributed by atoms with Crippen LogP contribution in [0.25, 0.3) is 0 Å². The van der Waals surface area contributed by atoms with Crippen molar-refractivity contribution >= 4 is 17.3 Å². The fourth-order valence-corrected chi connectivity index (χ4v) is 2.42.